The molecule has 57 heavy (non-hydrogen) atoms. The normalized spacial score (nSPS) is 12.8. The van der Waals surface area contributed by atoms with E-state index in [0.717, 1.165) is 47.0 Å². The molecule has 1 aliphatic rings. The van der Waals surface area contributed by atoms with E-state index in [1.807, 2.05) is 0 Å². The average Bonchev–Trinajstić information content (AvgIpc) is 3.49. The maximum absolute atomic E-state index is 2.48. The molecule has 0 bridgehead atoms. The van der Waals surface area contributed by atoms with Crippen molar-refractivity contribution in [1.29, 1.82) is 0 Å². The van der Waals surface area contributed by atoms with E-state index in [2.05, 4.69) is 219 Å². The minimum atomic E-state index is -0.219. The van der Waals surface area contributed by atoms with Crippen LogP contribution >= 0.6 is 0 Å². The fourth-order valence-corrected chi connectivity index (χ4v) is 9.34. The molecule has 9 aromatic rings. The number of benzene rings is 9. The van der Waals surface area contributed by atoms with Crippen LogP contribution in [0.4, 0.5) is 34.1 Å². The molecule has 0 spiro atoms. The number of hydrogen-bond donors (Lipinski definition) is 0. The summed E-state index contributed by atoms with van der Waals surface area (Å²) in [7, 11) is 0. The topological polar surface area (TPSA) is 6.48 Å². The van der Waals surface area contributed by atoms with E-state index >= 15 is 0 Å². The lowest BCUT2D eigenvalue weighted by Crippen LogP contribution is -2.16. The number of hydrogen-bond acceptors (Lipinski definition) is 2. The number of aryl methyl sites for hydroxylation is 2. The minimum Gasteiger partial charge on any atom is -0.310 e. The molecule has 0 saturated heterocycles. The van der Waals surface area contributed by atoms with Gasteiger partial charge in [-0.3, -0.25) is 0 Å². The summed E-state index contributed by atoms with van der Waals surface area (Å²) in [4.78, 5) is 4.77. The first-order valence-corrected chi connectivity index (χ1v) is 20.4. The van der Waals surface area contributed by atoms with Crippen molar-refractivity contribution in [3.8, 4) is 11.1 Å². The van der Waals surface area contributed by atoms with E-state index in [-0.39, 0.29) is 5.41 Å². The van der Waals surface area contributed by atoms with Crippen LogP contribution in [0.3, 0.4) is 0 Å². The molecule has 0 heterocycles. The number of fused-ring (bicyclic) bond motifs is 9. The standard InChI is InChI=1S/C55H46N2/c1-5-37-21-26-43(27-22-37)56(41-15-9-7-10-16-41)45-30-25-39-34-51-52(35-40(39)33-45)55(3,4)54-49-32-31-46(36-50(49)47-19-13-14-20-48(47)53(51)54)57(42-17-11-8-12-18-42)44-28-23-38(6-2)24-29-44/h7-36H,5-6H2,1-4H3. The Hall–Kier alpha value is -6.64. The monoisotopic (exact) mass is 734 g/mol. The van der Waals surface area contributed by atoms with Gasteiger partial charge in [-0.2, -0.15) is 0 Å². The molecular weight excluding hydrogens is 689 g/mol. The van der Waals surface area contributed by atoms with Gasteiger partial charge in [0.25, 0.3) is 0 Å². The zero-order valence-corrected chi connectivity index (χ0v) is 33.1. The van der Waals surface area contributed by atoms with Crippen LogP contribution < -0.4 is 9.80 Å². The maximum atomic E-state index is 2.48. The van der Waals surface area contributed by atoms with Gasteiger partial charge >= 0.3 is 0 Å². The van der Waals surface area contributed by atoms with Crippen molar-refractivity contribution in [3.05, 3.63) is 204 Å². The van der Waals surface area contributed by atoms with E-state index < -0.39 is 0 Å². The van der Waals surface area contributed by atoms with Crippen LogP contribution in [0.25, 0.3) is 43.4 Å². The van der Waals surface area contributed by atoms with Crippen molar-refractivity contribution in [2.45, 2.75) is 46.0 Å². The first kappa shape index (κ1) is 34.8. The molecular formula is C55H46N2. The molecule has 9 aromatic carbocycles. The largest absolute Gasteiger partial charge is 0.310 e. The lowest BCUT2D eigenvalue weighted by Gasteiger charge is -2.28. The molecule has 0 fully saturated rings. The Kier molecular flexibility index (Phi) is 8.45. The Labute approximate surface area is 336 Å². The Morgan fingerprint density at radius 3 is 1.46 bits per heavy atom. The highest BCUT2D eigenvalue weighted by atomic mass is 15.1. The van der Waals surface area contributed by atoms with Crippen LogP contribution in [-0.4, -0.2) is 0 Å². The Morgan fingerprint density at radius 1 is 0.386 bits per heavy atom. The Bertz CT molecular complexity index is 2930. The molecule has 2 heteroatoms. The van der Waals surface area contributed by atoms with Crippen LogP contribution in [0.2, 0.25) is 0 Å². The SMILES string of the molecule is CCc1ccc(N(c2ccccc2)c2ccc3cc4c(cc3c2)C(C)(C)c2c-4c3ccccc3c3cc(N(c4ccccc4)c4ccc(CC)cc4)ccc23)cc1. The summed E-state index contributed by atoms with van der Waals surface area (Å²) < 4.78 is 0. The van der Waals surface area contributed by atoms with Gasteiger partial charge in [-0.05, 0) is 163 Å². The zero-order chi connectivity index (χ0) is 38.7. The van der Waals surface area contributed by atoms with Crippen molar-refractivity contribution in [2.75, 3.05) is 9.80 Å². The molecule has 0 N–H and O–H groups in total. The molecule has 1 aliphatic carbocycles. The van der Waals surface area contributed by atoms with Crippen molar-refractivity contribution in [2.24, 2.45) is 0 Å². The number of rotatable bonds is 8. The van der Waals surface area contributed by atoms with Gasteiger partial charge in [-0.1, -0.05) is 125 Å². The summed E-state index contributed by atoms with van der Waals surface area (Å²) in [5.41, 5.74) is 14.9. The van der Waals surface area contributed by atoms with Crippen LogP contribution in [0.5, 0.6) is 0 Å². The predicted molar refractivity (Wildman–Crippen MR) is 245 cm³/mol. The second-order valence-corrected chi connectivity index (χ2v) is 16.0. The van der Waals surface area contributed by atoms with Crippen molar-refractivity contribution in [1.82, 2.24) is 0 Å². The minimum absolute atomic E-state index is 0.219. The molecule has 276 valence electrons. The second-order valence-electron chi connectivity index (χ2n) is 16.0. The van der Waals surface area contributed by atoms with Gasteiger partial charge in [0, 0.05) is 39.5 Å². The lowest BCUT2D eigenvalue weighted by molar-refractivity contribution is 0.667. The van der Waals surface area contributed by atoms with Crippen LogP contribution in [0, 0.1) is 0 Å². The Balaban J connectivity index is 1.14. The maximum Gasteiger partial charge on any atom is 0.0468 e. The summed E-state index contributed by atoms with van der Waals surface area (Å²) in [5.74, 6) is 0. The van der Waals surface area contributed by atoms with E-state index in [0.29, 0.717) is 0 Å². The summed E-state index contributed by atoms with van der Waals surface area (Å²) in [5, 5.41) is 7.70. The molecule has 0 aliphatic heterocycles. The third-order valence-corrected chi connectivity index (χ3v) is 12.3. The second kappa shape index (κ2) is 13.8. The van der Waals surface area contributed by atoms with Gasteiger partial charge < -0.3 is 9.80 Å². The molecule has 0 amide bonds. The van der Waals surface area contributed by atoms with Gasteiger partial charge in [0.1, 0.15) is 0 Å². The molecule has 0 saturated carbocycles. The first-order valence-electron chi connectivity index (χ1n) is 20.4. The quantitative estimate of drug-likeness (QED) is 0.143. The van der Waals surface area contributed by atoms with E-state index in [4.69, 9.17) is 0 Å². The van der Waals surface area contributed by atoms with Crippen LogP contribution in [-0.2, 0) is 18.3 Å². The molecule has 0 aromatic heterocycles. The lowest BCUT2D eigenvalue weighted by atomic mass is 9.79. The van der Waals surface area contributed by atoms with Crippen molar-refractivity contribution in [3.63, 3.8) is 0 Å². The average molecular weight is 735 g/mol. The smallest absolute Gasteiger partial charge is 0.0468 e. The number of nitrogens with zero attached hydrogens (tertiary/aromatic N) is 2. The highest BCUT2D eigenvalue weighted by molar-refractivity contribution is 6.19. The Morgan fingerprint density at radius 2 is 0.877 bits per heavy atom. The van der Waals surface area contributed by atoms with Crippen molar-refractivity contribution < 1.29 is 0 Å². The number of anilines is 6. The zero-order valence-electron chi connectivity index (χ0n) is 33.1. The van der Waals surface area contributed by atoms with E-state index in [1.165, 1.54) is 65.7 Å². The van der Waals surface area contributed by atoms with Gasteiger partial charge in [0.2, 0.25) is 0 Å². The van der Waals surface area contributed by atoms with E-state index in [9.17, 15) is 0 Å². The fraction of sp³-hybridized carbons (Fsp3) is 0.127. The molecule has 10 rings (SSSR count). The predicted octanol–water partition coefficient (Wildman–Crippen LogP) is 15.5. The first-order chi connectivity index (χ1) is 27.9. The van der Waals surface area contributed by atoms with Gasteiger partial charge in [-0.25, -0.2) is 0 Å². The van der Waals surface area contributed by atoms with Gasteiger partial charge in [-0.15, -0.1) is 0 Å². The summed E-state index contributed by atoms with van der Waals surface area (Å²) in [6.45, 7) is 9.27. The molecule has 0 unspecified atom stereocenters. The molecule has 2 nitrogen and oxygen atoms in total. The van der Waals surface area contributed by atoms with Gasteiger partial charge in [0.15, 0.2) is 0 Å². The third kappa shape index (κ3) is 5.78. The highest BCUT2D eigenvalue weighted by Gasteiger charge is 2.39. The summed E-state index contributed by atoms with van der Waals surface area (Å²) in [6, 6.07) is 67.6. The number of para-hydroxylation sites is 2. The molecule has 0 atom stereocenters. The van der Waals surface area contributed by atoms with Gasteiger partial charge in [0.05, 0.1) is 0 Å². The summed E-state index contributed by atoms with van der Waals surface area (Å²) >= 11 is 0. The summed E-state index contributed by atoms with van der Waals surface area (Å²) in [6.07, 6.45) is 2.05. The molecule has 0 radical (unpaired) electrons. The fourth-order valence-electron chi connectivity index (χ4n) is 9.34. The third-order valence-electron chi connectivity index (χ3n) is 12.3. The van der Waals surface area contributed by atoms with Crippen molar-refractivity contribution >= 4 is 66.4 Å². The van der Waals surface area contributed by atoms with E-state index in [1.54, 1.807) is 0 Å². The highest BCUT2D eigenvalue weighted by Crippen LogP contribution is 2.56. The van der Waals surface area contributed by atoms with Crippen LogP contribution in [0.1, 0.15) is 49.9 Å². The van der Waals surface area contributed by atoms with Crippen LogP contribution in [0.15, 0.2) is 182 Å².